The highest BCUT2D eigenvalue weighted by Crippen LogP contribution is 2.16. The molecule has 0 aliphatic heterocycles. The van der Waals surface area contributed by atoms with Crippen molar-refractivity contribution in [1.82, 2.24) is 5.32 Å². The molecule has 0 spiro atoms. The molecule has 1 rings (SSSR count). The second kappa shape index (κ2) is 11.9. The van der Waals surface area contributed by atoms with Crippen molar-refractivity contribution in [2.45, 2.75) is 41.0 Å². The molecule has 0 amide bonds. The van der Waals surface area contributed by atoms with Crippen LogP contribution in [0.3, 0.4) is 0 Å². The molecular formula is C15H26N2O. The van der Waals surface area contributed by atoms with E-state index in [0.29, 0.717) is 5.56 Å². The molecule has 0 aromatic heterocycles. The third-order valence-corrected chi connectivity index (χ3v) is 2.30. The smallest absolute Gasteiger partial charge is 0.119 e. The van der Waals surface area contributed by atoms with Gasteiger partial charge in [-0.05, 0) is 44.1 Å². The Bertz CT molecular complexity index is 352. The van der Waals surface area contributed by atoms with Crippen molar-refractivity contribution in [3.63, 3.8) is 0 Å². The van der Waals surface area contributed by atoms with Crippen LogP contribution < -0.4 is 5.32 Å². The predicted octanol–water partition coefficient (Wildman–Crippen LogP) is 3.60. The third kappa shape index (κ3) is 8.60. The van der Waals surface area contributed by atoms with E-state index in [4.69, 9.17) is 10.4 Å². The third-order valence-electron chi connectivity index (χ3n) is 2.30. The Morgan fingerprint density at radius 1 is 1.33 bits per heavy atom. The molecule has 1 aromatic rings. The van der Waals surface area contributed by atoms with Crippen LogP contribution in [0.5, 0.6) is 5.75 Å². The number of aryl methyl sites for hydroxylation is 1. The van der Waals surface area contributed by atoms with Gasteiger partial charge in [-0.1, -0.05) is 33.8 Å². The first-order valence-electron chi connectivity index (χ1n) is 6.06. The molecule has 3 nitrogen and oxygen atoms in total. The van der Waals surface area contributed by atoms with Crippen molar-refractivity contribution in [3.8, 4) is 11.8 Å². The maximum atomic E-state index is 9.08. The molecule has 0 saturated heterocycles. The summed E-state index contributed by atoms with van der Waals surface area (Å²) in [6.45, 7) is 8.43. The average molecular weight is 250 g/mol. The molecule has 0 atom stereocenters. The fraction of sp³-hybridized carbons (Fsp3) is 0.533. The van der Waals surface area contributed by atoms with Gasteiger partial charge in [0.2, 0.25) is 0 Å². The van der Waals surface area contributed by atoms with Gasteiger partial charge < -0.3 is 10.4 Å². The Hall–Kier alpha value is -1.53. The number of rotatable bonds is 4. The zero-order valence-corrected chi connectivity index (χ0v) is 11.0. The molecule has 102 valence electrons. The standard InChI is InChI=1S/C8H7NO.C6H15N.CH4/c1-6-2-3-7(5-9)4-8(6)10;1-3-5-6-7-4-2;/h2-4,10H,1H3;7H,3-6H2,1-2H3;1H4. The van der Waals surface area contributed by atoms with Crippen LogP contribution in [-0.2, 0) is 0 Å². The number of nitriles is 1. The molecule has 18 heavy (non-hydrogen) atoms. The Morgan fingerprint density at radius 2 is 2.00 bits per heavy atom. The van der Waals surface area contributed by atoms with E-state index in [0.717, 1.165) is 12.1 Å². The van der Waals surface area contributed by atoms with Gasteiger partial charge in [0.1, 0.15) is 5.75 Å². The number of hydrogen-bond donors (Lipinski definition) is 2. The predicted molar refractivity (Wildman–Crippen MR) is 77.7 cm³/mol. The van der Waals surface area contributed by atoms with E-state index in [9.17, 15) is 0 Å². The van der Waals surface area contributed by atoms with Crippen LogP contribution in [0.25, 0.3) is 0 Å². The molecule has 0 fully saturated rings. The fourth-order valence-electron chi connectivity index (χ4n) is 1.16. The highest BCUT2D eigenvalue weighted by Gasteiger charge is 1.95. The van der Waals surface area contributed by atoms with E-state index in [-0.39, 0.29) is 13.2 Å². The largest absolute Gasteiger partial charge is 0.508 e. The highest BCUT2D eigenvalue weighted by molar-refractivity contribution is 5.40. The molecule has 2 N–H and O–H groups in total. The lowest BCUT2D eigenvalue weighted by Gasteiger charge is -1.95. The van der Waals surface area contributed by atoms with Crippen molar-refractivity contribution in [1.29, 1.82) is 5.26 Å². The Morgan fingerprint density at radius 3 is 2.44 bits per heavy atom. The Labute approximate surface area is 111 Å². The van der Waals surface area contributed by atoms with Gasteiger partial charge in [0.05, 0.1) is 11.6 Å². The minimum Gasteiger partial charge on any atom is -0.508 e. The zero-order chi connectivity index (χ0) is 13.1. The summed E-state index contributed by atoms with van der Waals surface area (Å²) in [6, 6.07) is 6.78. The molecule has 3 heteroatoms. The first kappa shape index (κ1) is 18.8. The van der Waals surface area contributed by atoms with Crippen LogP contribution >= 0.6 is 0 Å². The first-order valence-corrected chi connectivity index (χ1v) is 6.06. The minimum absolute atomic E-state index is 0. The lowest BCUT2D eigenvalue weighted by molar-refractivity contribution is 0.471. The Balaban J connectivity index is 0. The van der Waals surface area contributed by atoms with Crippen molar-refractivity contribution in [2.75, 3.05) is 13.1 Å². The second-order valence-corrected chi connectivity index (χ2v) is 3.82. The first-order chi connectivity index (χ1) is 8.15. The van der Waals surface area contributed by atoms with Gasteiger partial charge in [-0.25, -0.2) is 0 Å². The normalized spacial score (nSPS) is 8.56. The number of hydrogen-bond acceptors (Lipinski definition) is 3. The maximum absolute atomic E-state index is 9.08. The number of benzene rings is 1. The number of phenols is 1. The molecule has 0 saturated carbocycles. The van der Waals surface area contributed by atoms with E-state index in [1.165, 1.54) is 25.5 Å². The van der Waals surface area contributed by atoms with Crippen LogP contribution in [-0.4, -0.2) is 18.2 Å². The number of unbranched alkanes of at least 4 members (excludes halogenated alkanes) is 1. The molecular weight excluding hydrogens is 224 g/mol. The number of nitrogens with one attached hydrogen (secondary N) is 1. The van der Waals surface area contributed by atoms with Gasteiger partial charge in [0.15, 0.2) is 0 Å². The molecule has 0 bridgehead atoms. The summed E-state index contributed by atoms with van der Waals surface area (Å²) < 4.78 is 0. The topological polar surface area (TPSA) is 56.0 Å². The summed E-state index contributed by atoms with van der Waals surface area (Å²) in [5, 5.41) is 20.7. The van der Waals surface area contributed by atoms with E-state index >= 15 is 0 Å². The molecule has 0 unspecified atom stereocenters. The molecule has 0 heterocycles. The number of aromatic hydroxyl groups is 1. The fourth-order valence-corrected chi connectivity index (χ4v) is 1.16. The van der Waals surface area contributed by atoms with Gasteiger partial charge in [-0.2, -0.15) is 5.26 Å². The molecule has 1 aromatic carbocycles. The Kier molecular flexibility index (Phi) is 12.5. The monoisotopic (exact) mass is 250 g/mol. The van der Waals surface area contributed by atoms with Crippen LogP contribution in [0.15, 0.2) is 18.2 Å². The van der Waals surface area contributed by atoms with Crippen molar-refractivity contribution >= 4 is 0 Å². The molecule has 0 aliphatic rings. The zero-order valence-electron chi connectivity index (χ0n) is 11.0. The van der Waals surface area contributed by atoms with Crippen LogP contribution in [0, 0.1) is 18.3 Å². The summed E-state index contributed by atoms with van der Waals surface area (Å²) >= 11 is 0. The maximum Gasteiger partial charge on any atom is 0.119 e. The number of nitrogens with zero attached hydrogens (tertiary/aromatic N) is 1. The summed E-state index contributed by atoms with van der Waals surface area (Å²) in [5.74, 6) is 0.180. The van der Waals surface area contributed by atoms with Crippen LogP contribution in [0.1, 0.15) is 45.2 Å². The SMILES string of the molecule is C.CCCCNCC.Cc1ccc(C#N)cc1O. The van der Waals surface area contributed by atoms with Crippen molar-refractivity contribution in [2.24, 2.45) is 0 Å². The van der Waals surface area contributed by atoms with E-state index in [2.05, 4.69) is 19.2 Å². The number of phenolic OH excluding ortho intramolecular Hbond substituents is 1. The van der Waals surface area contributed by atoms with Crippen LogP contribution in [0.2, 0.25) is 0 Å². The van der Waals surface area contributed by atoms with Crippen LogP contribution in [0.4, 0.5) is 0 Å². The summed E-state index contributed by atoms with van der Waals surface area (Å²) in [4.78, 5) is 0. The average Bonchev–Trinajstić information content (AvgIpc) is 2.34. The van der Waals surface area contributed by atoms with Crippen molar-refractivity contribution < 1.29 is 5.11 Å². The quantitative estimate of drug-likeness (QED) is 0.803. The van der Waals surface area contributed by atoms with Gasteiger partial charge in [0, 0.05) is 0 Å². The summed E-state index contributed by atoms with van der Waals surface area (Å²) in [6.07, 6.45) is 2.61. The lowest BCUT2D eigenvalue weighted by atomic mass is 10.1. The summed E-state index contributed by atoms with van der Waals surface area (Å²) in [5.41, 5.74) is 1.28. The van der Waals surface area contributed by atoms with E-state index in [1.807, 2.05) is 6.07 Å². The van der Waals surface area contributed by atoms with Gasteiger partial charge in [0.25, 0.3) is 0 Å². The van der Waals surface area contributed by atoms with E-state index < -0.39 is 0 Å². The van der Waals surface area contributed by atoms with Gasteiger partial charge in [-0.15, -0.1) is 0 Å². The van der Waals surface area contributed by atoms with Gasteiger partial charge in [-0.3, -0.25) is 0 Å². The second-order valence-electron chi connectivity index (χ2n) is 3.82. The molecule has 0 aliphatic carbocycles. The van der Waals surface area contributed by atoms with Crippen molar-refractivity contribution in [3.05, 3.63) is 29.3 Å². The highest BCUT2D eigenvalue weighted by atomic mass is 16.3. The summed E-state index contributed by atoms with van der Waals surface area (Å²) in [7, 11) is 0. The minimum atomic E-state index is 0. The molecule has 0 radical (unpaired) electrons. The van der Waals surface area contributed by atoms with Gasteiger partial charge >= 0.3 is 0 Å². The lowest BCUT2D eigenvalue weighted by Crippen LogP contribution is -2.13. The van der Waals surface area contributed by atoms with E-state index in [1.54, 1.807) is 19.1 Å².